The van der Waals surface area contributed by atoms with Crippen LogP contribution in [-0.4, -0.2) is 62.2 Å². The molecule has 2 atom stereocenters. The van der Waals surface area contributed by atoms with Crippen molar-refractivity contribution >= 4 is 22.1 Å². The van der Waals surface area contributed by atoms with E-state index in [1.54, 1.807) is 10.8 Å². The molecule has 0 unspecified atom stereocenters. The van der Waals surface area contributed by atoms with E-state index < -0.39 is 0 Å². The summed E-state index contributed by atoms with van der Waals surface area (Å²) in [7, 11) is 0. The maximum absolute atomic E-state index is 13.4. The smallest absolute Gasteiger partial charge is 0.260 e. The molecule has 4 aromatic rings. The second-order valence-electron chi connectivity index (χ2n) is 11.8. The lowest BCUT2D eigenvalue weighted by molar-refractivity contribution is 0.0992. The predicted octanol–water partition coefficient (Wildman–Crippen LogP) is 3.69. The number of rotatable bonds is 5. The Morgan fingerprint density at radius 2 is 1.92 bits per heavy atom. The van der Waals surface area contributed by atoms with Gasteiger partial charge >= 0.3 is 0 Å². The number of piperidine rings is 1. The monoisotopic (exact) mass is 498 g/mol. The van der Waals surface area contributed by atoms with Crippen molar-refractivity contribution in [3.05, 3.63) is 70.8 Å². The zero-order valence-corrected chi connectivity index (χ0v) is 21.6. The molecule has 4 aromatic heterocycles. The van der Waals surface area contributed by atoms with Gasteiger partial charge in [-0.1, -0.05) is 19.9 Å². The number of anilines is 1. The number of morpholine rings is 1. The van der Waals surface area contributed by atoms with Crippen LogP contribution in [0.5, 0.6) is 0 Å². The van der Waals surface area contributed by atoms with E-state index in [0.29, 0.717) is 29.5 Å². The topological polar surface area (TPSA) is 67.9 Å². The predicted molar refractivity (Wildman–Crippen MR) is 144 cm³/mol. The maximum Gasteiger partial charge on any atom is 0.260 e. The Bertz CT molecular complexity index is 1530. The Balaban J connectivity index is 1.12. The number of imidazole rings is 1. The summed E-state index contributed by atoms with van der Waals surface area (Å²) in [5.74, 6) is 0. The summed E-state index contributed by atoms with van der Waals surface area (Å²) in [5.41, 5.74) is 4.53. The highest BCUT2D eigenvalue weighted by atomic mass is 16.5. The number of hydrogen-bond donors (Lipinski definition) is 0. The van der Waals surface area contributed by atoms with E-state index in [9.17, 15) is 4.79 Å². The zero-order valence-electron chi connectivity index (χ0n) is 21.6. The third-order valence-corrected chi connectivity index (χ3v) is 8.60. The van der Waals surface area contributed by atoms with Gasteiger partial charge in [0.1, 0.15) is 5.65 Å². The molecule has 7 heterocycles. The highest BCUT2D eigenvalue weighted by Gasteiger charge is 2.39. The third-order valence-electron chi connectivity index (χ3n) is 8.60. The number of likely N-dealkylation sites (tertiary alicyclic amines) is 1. The number of aromatic nitrogens is 4. The summed E-state index contributed by atoms with van der Waals surface area (Å²) in [6, 6.07) is 6.69. The number of nitrogens with zero attached hydrogens (tertiary/aromatic N) is 6. The summed E-state index contributed by atoms with van der Waals surface area (Å²) in [4.78, 5) is 27.6. The molecule has 37 heavy (non-hydrogen) atoms. The van der Waals surface area contributed by atoms with Crippen molar-refractivity contribution in [1.82, 2.24) is 23.8 Å². The summed E-state index contributed by atoms with van der Waals surface area (Å²) in [5, 5.41) is 1.61. The van der Waals surface area contributed by atoms with Crippen LogP contribution in [0.25, 0.3) is 16.4 Å². The number of fused-ring (bicyclic) bond motifs is 4. The minimum Gasteiger partial charge on any atom is -0.374 e. The minimum atomic E-state index is -0.0294. The van der Waals surface area contributed by atoms with Crippen molar-refractivity contribution in [2.24, 2.45) is 5.41 Å². The molecule has 0 aliphatic carbocycles. The van der Waals surface area contributed by atoms with E-state index in [0.717, 1.165) is 61.6 Å². The van der Waals surface area contributed by atoms with Crippen molar-refractivity contribution in [2.45, 2.75) is 58.3 Å². The van der Waals surface area contributed by atoms with Gasteiger partial charge in [-0.05, 0) is 55.5 Å². The van der Waals surface area contributed by atoms with Gasteiger partial charge in [-0.25, -0.2) is 4.98 Å². The molecule has 0 aromatic carbocycles. The minimum absolute atomic E-state index is 0.0294. The molecule has 0 spiro atoms. The lowest BCUT2D eigenvalue weighted by Crippen LogP contribution is -2.37. The molecule has 3 aliphatic rings. The molecule has 0 radical (unpaired) electrons. The van der Waals surface area contributed by atoms with Crippen LogP contribution in [0.15, 0.2) is 54.0 Å². The van der Waals surface area contributed by atoms with E-state index in [-0.39, 0.29) is 5.56 Å². The molecule has 192 valence electrons. The summed E-state index contributed by atoms with van der Waals surface area (Å²) in [6.45, 7) is 10.0. The average Bonchev–Trinajstić information content (AvgIpc) is 3.62. The van der Waals surface area contributed by atoms with Gasteiger partial charge in [-0.15, -0.1) is 0 Å². The normalized spacial score (nSPS) is 23.5. The van der Waals surface area contributed by atoms with E-state index in [1.807, 2.05) is 18.6 Å². The highest BCUT2D eigenvalue weighted by molar-refractivity contribution is 5.93. The molecule has 8 nitrogen and oxygen atoms in total. The van der Waals surface area contributed by atoms with E-state index in [2.05, 4.69) is 57.4 Å². The number of pyridine rings is 3. The fraction of sp³-hybridized carbons (Fsp3) is 0.483. The molecule has 0 N–H and O–H groups in total. The van der Waals surface area contributed by atoms with Crippen LogP contribution in [-0.2, 0) is 17.8 Å². The van der Waals surface area contributed by atoms with Gasteiger partial charge in [0.15, 0.2) is 0 Å². The highest BCUT2D eigenvalue weighted by Crippen LogP contribution is 2.35. The van der Waals surface area contributed by atoms with Gasteiger partial charge < -0.3 is 18.6 Å². The van der Waals surface area contributed by atoms with Crippen molar-refractivity contribution in [1.29, 1.82) is 0 Å². The van der Waals surface area contributed by atoms with Gasteiger partial charge in [0.25, 0.3) is 5.56 Å². The largest absolute Gasteiger partial charge is 0.374 e. The van der Waals surface area contributed by atoms with Crippen molar-refractivity contribution in [3.63, 3.8) is 0 Å². The van der Waals surface area contributed by atoms with Crippen LogP contribution < -0.4 is 10.5 Å². The Labute approximate surface area is 216 Å². The van der Waals surface area contributed by atoms with Crippen molar-refractivity contribution in [2.75, 3.05) is 31.1 Å². The Morgan fingerprint density at radius 1 is 1.05 bits per heavy atom. The molecule has 0 saturated carbocycles. The summed E-state index contributed by atoms with van der Waals surface area (Å²) >= 11 is 0. The lowest BCUT2D eigenvalue weighted by Gasteiger charge is -2.36. The first-order valence-electron chi connectivity index (χ1n) is 13.5. The van der Waals surface area contributed by atoms with Crippen LogP contribution in [0.1, 0.15) is 44.4 Å². The van der Waals surface area contributed by atoms with Crippen LogP contribution >= 0.6 is 0 Å². The first-order chi connectivity index (χ1) is 17.9. The van der Waals surface area contributed by atoms with E-state index >= 15 is 0 Å². The second kappa shape index (κ2) is 8.67. The van der Waals surface area contributed by atoms with E-state index in [4.69, 9.17) is 9.72 Å². The molecular formula is C29H34N6O2. The lowest BCUT2D eigenvalue weighted by atomic mass is 9.82. The molecule has 3 saturated heterocycles. The maximum atomic E-state index is 13.4. The van der Waals surface area contributed by atoms with Gasteiger partial charge in [0.2, 0.25) is 0 Å². The fourth-order valence-electron chi connectivity index (χ4n) is 6.25. The molecule has 0 amide bonds. The van der Waals surface area contributed by atoms with Crippen LogP contribution in [0.3, 0.4) is 0 Å². The van der Waals surface area contributed by atoms with Crippen LogP contribution in [0, 0.1) is 5.41 Å². The molecule has 8 heteroatoms. The summed E-state index contributed by atoms with van der Waals surface area (Å²) < 4.78 is 9.60. The van der Waals surface area contributed by atoms with Crippen molar-refractivity contribution < 1.29 is 4.74 Å². The van der Waals surface area contributed by atoms with E-state index in [1.165, 1.54) is 18.4 Å². The summed E-state index contributed by atoms with van der Waals surface area (Å²) in [6.07, 6.45) is 13.5. The molecule has 3 aliphatic heterocycles. The van der Waals surface area contributed by atoms with Crippen molar-refractivity contribution in [3.8, 4) is 0 Å². The van der Waals surface area contributed by atoms with Gasteiger partial charge in [0.05, 0.1) is 48.3 Å². The molecule has 2 bridgehead atoms. The molecule has 7 rings (SSSR count). The molecule has 3 fully saturated rings. The van der Waals surface area contributed by atoms with Gasteiger partial charge in [-0.3, -0.25) is 14.7 Å². The van der Waals surface area contributed by atoms with Gasteiger partial charge in [0, 0.05) is 43.3 Å². The number of ether oxygens (including phenoxy) is 1. The standard InChI is InChI=1S/C29H34N6O2/c1-29(2)6-9-32(10-7-29)14-20-3-4-27-31-21(17-34(27)15-20)16-33-8-5-24-25(28(33)36)12-30-13-26(24)35-18-23-11-22(35)19-37-23/h3-5,8,12-13,15,17,22-23H,6-7,9-11,14,16,18-19H2,1-2H3/t22-,23-/m1/s1. The van der Waals surface area contributed by atoms with Crippen LogP contribution in [0.4, 0.5) is 5.69 Å². The quantitative estimate of drug-likeness (QED) is 0.418. The third kappa shape index (κ3) is 4.22. The second-order valence-corrected chi connectivity index (χ2v) is 11.8. The van der Waals surface area contributed by atoms with Gasteiger partial charge in [-0.2, -0.15) is 0 Å². The first kappa shape index (κ1) is 22.9. The zero-order chi connectivity index (χ0) is 25.1. The Kier molecular flexibility index (Phi) is 5.37. The molecular weight excluding hydrogens is 464 g/mol. The average molecular weight is 499 g/mol. The Morgan fingerprint density at radius 3 is 2.70 bits per heavy atom. The fourth-order valence-corrected chi connectivity index (χ4v) is 6.25. The number of hydrogen-bond acceptors (Lipinski definition) is 6. The first-order valence-corrected chi connectivity index (χ1v) is 13.5. The van der Waals surface area contributed by atoms with Crippen LogP contribution in [0.2, 0.25) is 0 Å². The Hall–Kier alpha value is -3.23. The SMILES string of the molecule is CC1(C)CCN(Cc2ccc3nc(Cn4ccc5c(N6C[C@H]7C[C@@H]6CO7)cncc5c4=O)cn3c2)CC1.